The van der Waals surface area contributed by atoms with E-state index in [1.807, 2.05) is 0 Å². The number of nitrogens with zero attached hydrogens (tertiary/aromatic N) is 4. The van der Waals surface area contributed by atoms with Crippen molar-refractivity contribution in [3.05, 3.63) is 50.7 Å². The number of aldehydes is 1. The van der Waals surface area contributed by atoms with Crippen molar-refractivity contribution >= 4 is 17.9 Å². The molecule has 1 aromatic heterocycles. The Morgan fingerprint density at radius 2 is 2.10 bits per heavy atom. The molecule has 0 aromatic carbocycles. The van der Waals surface area contributed by atoms with Crippen LogP contribution < -0.4 is 0 Å². The standard InChI is InChI=1S/C12H15ClN4O3/c1-15(2)12(10(8-18)17(19)20)16(3)7-9-4-5-11(13)14-6-9/h4-6,8H,7H2,1-3H3. The number of carbonyl (C=O) groups is 1. The van der Waals surface area contributed by atoms with E-state index in [0.717, 1.165) is 5.56 Å². The van der Waals surface area contributed by atoms with Gasteiger partial charge in [-0.15, -0.1) is 0 Å². The Labute approximate surface area is 121 Å². The molecule has 8 heteroatoms. The normalized spacial score (nSPS) is 11.6. The van der Waals surface area contributed by atoms with Gasteiger partial charge >= 0.3 is 5.70 Å². The average molecular weight is 299 g/mol. The lowest BCUT2D eigenvalue weighted by atomic mass is 10.2. The lowest BCUT2D eigenvalue weighted by Crippen LogP contribution is -2.31. The van der Waals surface area contributed by atoms with Crippen LogP contribution in [0.4, 0.5) is 0 Å². The minimum absolute atomic E-state index is 0.222. The minimum atomic E-state index is -0.695. The predicted molar refractivity (Wildman–Crippen MR) is 74.5 cm³/mol. The molecule has 1 rings (SSSR count). The first-order valence-corrected chi connectivity index (χ1v) is 6.07. The van der Waals surface area contributed by atoms with Crippen molar-refractivity contribution in [3.63, 3.8) is 0 Å². The third kappa shape index (κ3) is 3.92. The molecular formula is C12H15ClN4O3. The molecule has 0 saturated carbocycles. The first-order chi connectivity index (χ1) is 9.36. The molecule has 1 heterocycles. The fraction of sp³-hybridized carbons (Fsp3) is 0.333. The molecule has 0 atom stereocenters. The van der Waals surface area contributed by atoms with Gasteiger partial charge in [0.15, 0.2) is 5.82 Å². The lowest BCUT2D eigenvalue weighted by molar-refractivity contribution is -0.420. The number of hydrogen-bond donors (Lipinski definition) is 0. The summed E-state index contributed by atoms with van der Waals surface area (Å²) < 4.78 is 0. The molecule has 20 heavy (non-hydrogen) atoms. The van der Waals surface area contributed by atoms with Gasteiger partial charge in [-0.05, 0) is 11.6 Å². The largest absolute Gasteiger partial charge is 0.359 e. The molecule has 0 N–H and O–H groups in total. The zero-order chi connectivity index (χ0) is 15.3. The second kappa shape index (κ2) is 6.85. The number of rotatable bonds is 6. The van der Waals surface area contributed by atoms with E-state index >= 15 is 0 Å². The van der Waals surface area contributed by atoms with Gasteiger partial charge in [-0.2, -0.15) is 0 Å². The van der Waals surface area contributed by atoms with Gasteiger partial charge in [-0.25, -0.2) is 4.98 Å². The van der Waals surface area contributed by atoms with Crippen LogP contribution in [0, 0.1) is 10.1 Å². The Kier molecular flexibility index (Phi) is 5.45. The van der Waals surface area contributed by atoms with E-state index < -0.39 is 10.6 Å². The molecular weight excluding hydrogens is 284 g/mol. The van der Waals surface area contributed by atoms with Crippen molar-refractivity contribution in [2.45, 2.75) is 6.54 Å². The van der Waals surface area contributed by atoms with Crippen LogP contribution >= 0.6 is 11.6 Å². The summed E-state index contributed by atoms with van der Waals surface area (Å²) >= 11 is 5.70. The Hall–Kier alpha value is -2.15. The molecule has 0 spiro atoms. The third-order valence-electron chi connectivity index (χ3n) is 2.53. The van der Waals surface area contributed by atoms with Crippen molar-refractivity contribution < 1.29 is 9.72 Å². The zero-order valence-electron chi connectivity index (χ0n) is 11.4. The SMILES string of the molecule is CN(C)C(=C(C=O)[N+](=O)[O-])N(C)Cc1ccc(Cl)nc1. The Morgan fingerprint density at radius 1 is 1.45 bits per heavy atom. The molecule has 108 valence electrons. The van der Waals surface area contributed by atoms with Crippen molar-refractivity contribution in [3.8, 4) is 0 Å². The fourth-order valence-corrected chi connectivity index (χ4v) is 1.90. The monoisotopic (exact) mass is 298 g/mol. The van der Waals surface area contributed by atoms with Gasteiger partial charge in [-0.1, -0.05) is 17.7 Å². The first-order valence-electron chi connectivity index (χ1n) is 5.69. The fourth-order valence-electron chi connectivity index (χ4n) is 1.79. The zero-order valence-corrected chi connectivity index (χ0v) is 12.2. The van der Waals surface area contributed by atoms with Crippen LogP contribution in [-0.4, -0.2) is 47.1 Å². The molecule has 0 radical (unpaired) electrons. The van der Waals surface area contributed by atoms with Crippen LogP contribution in [0.25, 0.3) is 0 Å². The van der Waals surface area contributed by atoms with E-state index in [-0.39, 0.29) is 12.1 Å². The highest BCUT2D eigenvalue weighted by atomic mass is 35.5. The first kappa shape index (κ1) is 15.9. The summed E-state index contributed by atoms with van der Waals surface area (Å²) in [7, 11) is 4.94. The number of halogens is 1. The molecule has 0 unspecified atom stereocenters. The van der Waals surface area contributed by atoms with Crippen LogP contribution in [0.2, 0.25) is 5.15 Å². The molecule has 0 bridgehead atoms. The predicted octanol–water partition coefficient (Wildman–Crippen LogP) is 1.37. The molecule has 0 fully saturated rings. The van der Waals surface area contributed by atoms with Crippen LogP contribution in [-0.2, 0) is 11.3 Å². The van der Waals surface area contributed by atoms with E-state index in [9.17, 15) is 14.9 Å². The van der Waals surface area contributed by atoms with Crippen molar-refractivity contribution in [1.82, 2.24) is 14.8 Å². The summed E-state index contributed by atoms with van der Waals surface area (Å²) in [6.45, 7) is 0.364. The maximum atomic E-state index is 10.9. The van der Waals surface area contributed by atoms with Crippen LogP contribution in [0.5, 0.6) is 0 Å². The number of nitro groups is 1. The summed E-state index contributed by atoms with van der Waals surface area (Å²) in [6, 6.07) is 3.41. The Balaban J connectivity index is 3.07. The smallest absolute Gasteiger partial charge is 0.348 e. The van der Waals surface area contributed by atoms with Gasteiger partial charge in [0.1, 0.15) is 5.15 Å². The summed E-state index contributed by atoms with van der Waals surface area (Å²) in [5, 5.41) is 11.3. The molecule has 0 aliphatic heterocycles. The number of pyridine rings is 1. The second-order valence-corrected chi connectivity index (χ2v) is 4.71. The maximum absolute atomic E-state index is 10.9. The van der Waals surface area contributed by atoms with E-state index in [2.05, 4.69) is 4.98 Å². The Morgan fingerprint density at radius 3 is 2.50 bits per heavy atom. The van der Waals surface area contributed by atoms with Gasteiger partial charge in [0.2, 0.25) is 6.29 Å². The molecule has 0 aliphatic rings. The number of carbonyl (C=O) groups excluding carboxylic acids is 1. The number of aromatic nitrogens is 1. The number of allylic oxidation sites excluding steroid dienone is 1. The lowest BCUT2D eigenvalue weighted by Gasteiger charge is -2.26. The van der Waals surface area contributed by atoms with Gasteiger partial charge in [0.05, 0.1) is 4.92 Å². The minimum Gasteiger partial charge on any atom is -0.359 e. The van der Waals surface area contributed by atoms with Crippen molar-refractivity contribution in [2.24, 2.45) is 0 Å². The van der Waals surface area contributed by atoms with Gasteiger partial charge in [0, 0.05) is 33.9 Å². The van der Waals surface area contributed by atoms with Crippen LogP contribution in [0.1, 0.15) is 5.56 Å². The van der Waals surface area contributed by atoms with Crippen LogP contribution in [0.15, 0.2) is 29.8 Å². The quantitative estimate of drug-likeness (QED) is 0.259. The van der Waals surface area contributed by atoms with Crippen molar-refractivity contribution in [2.75, 3.05) is 21.1 Å². The average Bonchev–Trinajstić information content (AvgIpc) is 2.37. The van der Waals surface area contributed by atoms with E-state index in [0.29, 0.717) is 11.7 Å². The summed E-state index contributed by atoms with van der Waals surface area (Å²) in [4.78, 5) is 28.2. The van der Waals surface area contributed by atoms with E-state index in [1.54, 1.807) is 44.4 Å². The van der Waals surface area contributed by atoms with Crippen molar-refractivity contribution in [1.29, 1.82) is 0 Å². The Bertz CT molecular complexity index is 528. The molecule has 0 amide bonds. The maximum Gasteiger partial charge on any atom is 0.348 e. The molecule has 1 aromatic rings. The highest BCUT2D eigenvalue weighted by molar-refractivity contribution is 6.29. The van der Waals surface area contributed by atoms with Gasteiger partial charge in [-0.3, -0.25) is 14.9 Å². The molecule has 7 nitrogen and oxygen atoms in total. The molecule has 0 saturated heterocycles. The topological polar surface area (TPSA) is 79.6 Å². The summed E-state index contributed by atoms with van der Waals surface area (Å²) in [6.07, 6.45) is 1.82. The highest BCUT2D eigenvalue weighted by Crippen LogP contribution is 2.15. The van der Waals surface area contributed by atoms with Crippen LogP contribution in [0.3, 0.4) is 0 Å². The summed E-state index contributed by atoms with van der Waals surface area (Å²) in [5.41, 5.74) is 0.337. The van der Waals surface area contributed by atoms with Gasteiger partial charge in [0.25, 0.3) is 0 Å². The second-order valence-electron chi connectivity index (χ2n) is 4.32. The van der Waals surface area contributed by atoms with E-state index in [4.69, 9.17) is 11.6 Å². The third-order valence-corrected chi connectivity index (χ3v) is 2.75. The van der Waals surface area contributed by atoms with Gasteiger partial charge < -0.3 is 9.80 Å². The summed E-state index contributed by atoms with van der Waals surface area (Å²) in [5.74, 6) is 0.222. The number of hydrogen-bond acceptors (Lipinski definition) is 6. The van der Waals surface area contributed by atoms with E-state index in [1.165, 1.54) is 4.90 Å². The highest BCUT2D eigenvalue weighted by Gasteiger charge is 2.23. The molecule has 0 aliphatic carbocycles.